The first-order chi connectivity index (χ1) is 5.18. The third-order valence-corrected chi connectivity index (χ3v) is 6.02. The van der Waals surface area contributed by atoms with Crippen molar-refractivity contribution in [2.75, 3.05) is 18.5 Å². The topological polar surface area (TPSA) is 26.0 Å². The Labute approximate surface area is 72.1 Å². The van der Waals surface area contributed by atoms with Crippen LogP contribution in [0.2, 0.25) is 0 Å². The van der Waals surface area contributed by atoms with Crippen LogP contribution < -0.4 is 5.50 Å². The van der Waals surface area contributed by atoms with Gasteiger partial charge >= 0.3 is 0 Å². The summed E-state index contributed by atoms with van der Waals surface area (Å²) in [5.74, 6) is 0. The molecule has 11 heavy (non-hydrogen) atoms. The summed E-state index contributed by atoms with van der Waals surface area (Å²) in [6.45, 7) is 6.73. The molecule has 0 aliphatic carbocycles. The highest BCUT2D eigenvalue weighted by atomic mass is 31.2. The molecule has 0 fully saturated rings. The molecule has 0 radical (unpaired) electrons. The molecule has 0 unspecified atom stereocenters. The van der Waals surface area contributed by atoms with Crippen molar-refractivity contribution in [3.63, 3.8) is 0 Å². The predicted molar refractivity (Wildman–Crippen MR) is 56.6 cm³/mol. The zero-order chi connectivity index (χ0) is 8.74. The highest BCUT2D eigenvalue weighted by Gasteiger charge is 2.28. The van der Waals surface area contributed by atoms with Gasteiger partial charge in [0, 0.05) is 0 Å². The molecule has 0 rings (SSSR count). The SMILES string of the molecule is CCC[P+](N)(CCC)CCC. The minimum absolute atomic E-state index is 0.969. The van der Waals surface area contributed by atoms with Crippen LogP contribution in [-0.4, -0.2) is 18.5 Å². The van der Waals surface area contributed by atoms with Crippen molar-refractivity contribution in [2.24, 2.45) is 5.50 Å². The normalized spacial score (nSPS) is 12.0. The van der Waals surface area contributed by atoms with E-state index in [4.69, 9.17) is 5.50 Å². The average Bonchev–Trinajstić information content (AvgIpc) is 1.88. The fourth-order valence-corrected chi connectivity index (χ4v) is 5.01. The summed E-state index contributed by atoms with van der Waals surface area (Å²) in [6.07, 6.45) is 7.71. The van der Waals surface area contributed by atoms with Gasteiger partial charge in [-0.1, -0.05) is 20.8 Å². The van der Waals surface area contributed by atoms with Crippen molar-refractivity contribution in [2.45, 2.75) is 40.0 Å². The lowest BCUT2D eigenvalue weighted by Crippen LogP contribution is -2.15. The Balaban J connectivity index is 3.79. The van der Waals surface area contributed by atoms with Crippen LogP contribution in [0, 0.1) is 0 Å². The monoisotopic (exact) mass is 176 g/mol. The fraction of sp³-hybridized carbons (Fsp3) is 1.00. The molecule has 0 aromatic rings. The Hall–Kier alpha value is 0.390. The van der Waals surface area contributed by atoms with Gasteiger partial charge in [0.1, 0.15) is 0 Å². The van der Waals surface area contributed by atoms with Crippen molar-refractivity contribution in [1.29, 1.82) is 0 Å². The van der Waals surface area contributed by atoms with E-state index in [1.54, 1.807) is 0 Å². The molecule has 0 spiro atoms. The van der Waals surface area contributed by atoms with Gasteiger partial charge in [0.05, 0.1) is 25.9 Å². The maximum Gasteiger partial charge on any atom is 0.0769 e. The average molecular weight is 176 g/mol. The summed E-state index contributed by atoms with van der Waals surface area (Å²) in [5, 5.41) is 0. The van der Waals surface area contributed by atoms with Gasteiger partial charge in [-0.05, 0) is 19.3 Å². The molecule has 0 amide bonds. The van der Waals surface area contributed by atoms with Gasteiger partial charge in [-0.2, -0.15) is 0 Å². The third kappa shape index (κ3) is 4.76. The maximum atomic E-state index is 6.34. The minimum atomic E-state index is -0.969. The van der Waals surface area contributed by atoms with E-state index in [9.17, 15) is 0 Å². The van der Waals surface area contributed by atoms with Crippen molar-refractivity contribution >= 4 is 7.41 Å². The molecule has 0 saturated carbocycles. The van der Waals surface area contributed by atoms with Crippen molar-refractivity contribution < 1.29 is 0 Å². The molecule has 1 nitrogen and oxygen atoms in total. The summed E-state index contributed by atoms with van der Waals surface area (Å²) in [4.78, 5) is 0. The van der Waals surface area contributed by atoms with Crippen molar-refractivity contribution in [1.82, 2.24) is 0 Å². The molecule has 0 aliphatic rings. The summed E-state index contributed by atoms with van der Waals surface area (Å²) in [5.41, 5.74) is 6.34. The highest BCUT2D eigenvalue weighted by molar-refractivity contribution is 7.73. The van der Waals surface area contributed by atoms with E-state index >= 15 is 0 Å². The molecular weight excluding hydrogens is 153 g/mol. The minimum Gasteiger partial charge on any atom is -0.205 e. The Morgan fingerprint density at radius 2 is 1.09 bits per heavy atom. The van der Waals surface area contributed by atoms with Crippen LogP contribution >= 0.6 is 7.41 Å². The number of hydrogen-bond acceptors (Lipinski definition) is 1. The first-order valence-electron chi connectivity index (χ1n) is 4.83. The smallest absolute Gasteiger partial charge is 0.0769 e. The Kier molecular flexibility index (Phi) is 6.18. The fourth-order valence-electron chi connectivity index (χ4n) is 1.67. The van der Waals surface area contributed by atoms with Gasteiger partial charge in [0.15, 0.2) is 0 Å². The molecule has 0 aromatic carbocycles. The van der Waals surface area contributed by atoms with Crippen LogP contribution in [0.5, 0.6) is 0 Å². The third-order valence-electron chi connectivity index (χ3n) is 2.01. The van der Waals surface area contributed by atoms with Gasteiger partial charge in [-0.25, -0.2) is 5.50 Å². The van der Waals surface area contributed by atoms with Crippen molar-refractivity contribution in [3.05, 3.63) is 0 Å². The van der Waals surface area contributed by atoms with Crippen molar-refractivity contribution in [3.8, 4) is 0 Å². The lowest BCUT2D eigenvalue weighted by atomic mass is 10.6. The number of nitrogens with two attached hydrogens (primary N) is 1. The largest absolute Gasteiger partial charge is 0.205 e. The summed E-state index contributed by atoms with van der Waals surface area (Å²) < 4.78 is 0. The van der Waals surface area contributed by atoms with Crippen LogP contribution in [0.1, 0.15) is 40.0 Å². The van der Waals surface area contributed by atoms with E-state index in [1.807, 2.05) is 0 Å². The van der Waals surface area contributed by atoms with Gasteiger partial charge < -0.3 is 0 Å². The van der Waals surface area contributed by atoms with E-state index in [0.29, 0.717) is 0 Å². The summed E-state index contributed by atoms with van der Waals surface area (Å²) in [7, 11) is -0.969. The molecule has 0 aliphatic heterocycles. The summed E-state index contributed by atoms with van der Waals surface area (Å²) >= 11 is 0. The predicted octanol–water partition coefficient (Wildman–Crippen LogP) is 3.11. The zero-order valence-electron chi connectivity index (χ0n) is 8.27. The second-order valence-electron chi connectivity index (χ2n) is 3.39. The first-order valence-corrected chi connectivity index (χ1v) is 7.24. The van der Waals surface area contributed by atoms with Gasteiger partial charge in [-0.3, -0.25) is 0 Å². The Morgan fingerprint density at radius 1 is 0.818 bits per heavy atom. The van der Waals surface area contributed by atoms with E-state index in [-0.39, 0.29) is 0 Å². The van der Waals surface area contributed by atoms with Crippen LogP contribution in [0.4, 0.5) is 0 Å². The Morgan fingerprint density at radius 3 is 1.27 bits per heavy atom. The molecule has 0 bridgehead atoms. The Bertz CT molecular complexity index is 76.5. The lowest BCUT2D eigenvalue weighted by Gasteiger charge is -2.20. The molecule has 0 saturated heterocycles. The molecule has 2 N–H and O–H groups in total. The summed E-state index contributed by atoms with van der Waals surface area (Å²) in [6, 6.07) is 0. The van der Waals surface area contributed by atoms with E-state index in [1.165, 1.54) is 37.7 Å². The number of rotatable bonds is 6. The highest BCUT2D eigenvalue weighted by Crippen LogP contribution is 2.51. The van der Waals surface area contributed by atoms with Gasteiger partial charge in [-0.15, -0.1) is 0 Å². The quantitative estimate of drug-likeness (QED) is 0.618. The second-order valence-corrected chi connectivity index (χ2v) is 7.17. The molecule has 0 heterocycles. The second kappa shape index (κ2) is 5.97. The van der Waals surface area contributed by atoms with Crippen LogP contribution in [0.3, 0.4) is 0 Å². The van der Waals surface area contributed by atoms with Gasteiger partial charge in [0.2, 0.25) is 0 Å². The maximum absolute atomic E-state index is 6.34. The van der Waals surface area contributed by atoms with Crippen LogP contribution in [-0.2, 0) is 0 Å². The van der Waals surface area contributed by atoms with Gasteiger partial charge in [0.25, 0.3) is 0 Å². The standard InChI is InChI=1S/C9H23NP/c1-4-7-11(10,8-5-2)9-6-3/h4-10H2,1-3H3/q+1. The number of hydrogen-bond donors (Lipinski definition) is 1. The first kappa shape index (κ1) is 11.4. The molecule has 0 atom stereocenters. The van der Waals surface area contributed by atoms with E-state index in [0.717, 1.165) is 0 Å². The molecule has 0 aromatic heterocycles. The molecule has 68 valence electrons. The molecule has 2 heteroatoms. The zero-order valence-corrected chi connectivity index (χ0v) is 9.16. The lowest BCUT2D eigenvalue weighted by molar-refractivity contribution is 0.993. The molecular formula is C9H23NP+. The van der Waals surface area contributed by atoms with E-state index in [2.05, 4.69) is 20.8 Å². The van der Waals surface area contributed by atoms with Crippen LogP contribution in [0.25, 0.3) is 0 Å². The van der Waals surface area contributed by atoms with Crippen LogP contribution in [0.15, 0.2) is 0 Å². The van der Waals surface area contributed by atoms with E-state index < -0.39 is 7.41 Å².